The van der Waals surface area contributed by atoms with E-state index in [9.17, 15) is 9.59 Å². The molecule has 1 amide bonds. The minimum Gasteiger partial charge on any atom is -0.467 e. The average molecular weight is 472 g/mol. The summed E-state index contributed by atoms with van der Waals surface area (Å²) in [6.45, 7) is 1.10. The predicted octanol–water partition coefficient (Wildman–Crippen LogP) is 4.96. The van der Waals surface area contributed by atoms with Gasteiger partial charge in [-0.2, -0.15) is 0 Å². The molecule has 2 aromatic heterocycles. The van der Waals surface area contributed by atoms with Crippen LogP contribution in [0.4, 0.5) is 0 Å². The van der Waals surface area contributed by atoms with Gasteiger partial charge in [0.25, 0.3) is 5.56 Å². The Kier molecular flexibility index (Phi) is 6.28. The van der Waals surface area contributed by atoms with E-state index in [0.717, 1.165) is 19.4 Å². The van der Waals surface area contributed by atoms with Crippen LogP contribution in [0.3, 0.4) is 0 Å². The molecule has 2 fully saturated rings. The number of benzene rings is 1. The maximum Gasteiger partial charge on any atom is 0.262 e. The van der Waals surface area contributed by atoms with Crippen molar-refractivity contribution in [2.75, 3.05) is 12.3 Å². The molecule has 0 spiro atoms. The summed E-state index contributed by atoms with van der Waals surface area (Å²) < 4.78 is 7.06. The first-order valence-electron chi connectivity index (χ1n) is 11.2. The van der Waals surface area contributed by atoms with Crippen molar-refractivity contribution in [3.05, 3.63) is 57.7 Å². The lowest BCUT2D eigenvalue weighted by Crippen LogP contribution is -2.50. The number of fused-ring (bicyclic) bond motifs is 2. The Morgan fingerprint density at radius 2 is 2.03 bits per heavy atom. The molecule has 0 N–H and O–H groups in total. The number of nitrogens with zero attached hydrogens (tertiary/aromatic N) is 3. The molecule has 2 aliphatic rings. The summed E-state index contributed by atoms with van der Waals surface area (Å²) in [7, 11) is 0. The fourth-order valence-corrected chi connectivity index (χ4v) is 6.18. The van der Waals surface area contributed by atoms with E-state index in [1.165, 1.54) is 37.4 Å². The molecule has 168 valence electrons. The van der Waals surface area contributed by atoms with Crippen LogP contribution in [-0.2, 0) is 11.3 Å². The molecule has 0 radical (unpaired) electrons. The number of carbonyl (C=O) groups excluding carboxylic acids is 1. The van der Waals surface area contributed by atoms with Crippen molar-refractivity contribution in [2.45, 2.75) is 56.3 Å². The Balaban J connectivity index is 1.42. The van der Waals surface area contributed by atoms with Gasteiger partial charge in [0.1, 0.15) is 5.76 Å². The van der Waals surface area contributed by atoms with Crippen LogP contribution >= 0.6 is 23.4 Å². The lowest BCUT2D eigenvalue weighted by molar-refractivity contribution is -0.134. The topological polar surface area (TPSA) is 68.3 Å². The number of aromatic nitrogens is 2. The Morgan fingerprint density at radius 3 is 2.88 bits per heavy atom. The third-order valence-corrected chi connectivity index (χ3v) is 7.86. The molecule has 5 rings (SSSR count). The first-order valence-corrected chi connectivity index (χ1v) is 12.6. The largest absolute Gasteiger partial charge is 0.467 e. The second-order valence-electron chi connectivity index (χ2n) is 8.66. The van der Waals surface area contributed by atoms with Crippen LogP contribution in [0.25, 0.3) is 10.9 Å². The SMILES string of the molecule is O=C(CSc1nc2cc(Cl)ccc2c(=O)n1Cc1ccco1)N1CCC[C@H]2CCCC[C@H]21. The lowest BCUT2D eigenvalue weighted by Gasteiger charge is -2.44. The molecule has 0 bridgehead atoms. The maximum absolute atomic E-state index is 13.3. The van der Waals surface area contributed by atoms with Gasteiger partial charge in [-0.15, -0.1) is 0 Å². The van der Waals surface area contributed by atoms with Crippen molar-refractivity contribution in [3.63, 3.8) is 0 Å². The van der Waals surface area contributed by atoms with Crippen molar-refractivity contribution in [1.29, 1.82) is 0 Å². The second kappa shape index (κ2) is 9.32. The van der Waals surface area contributed by atoms with Crippen LogP contribution in [0.1, 0.15) is 44.3 Å². The highest BCUT2D eigenvalue weighted by molar-refractivity contribution is 7.99. The smallest absolute Gasteiger partial charge is 0.262 e. The van der Waals surface area contributed by atoms with Crippen molar-refractivity contribution >= 4 is 40.2 Å². The number of carbonyl (C=O) groups is 1. The first kappa shape index (κ1) is 21.6. The van der Waals surface area contributed by atoms with E-state index in [0.29, 0.717) is 38.8 Å². The van der Waals surface area contributed by atoms with E-state index in [4.69, 9.17) is 21.0 Å². The Bertz CT molecular complexity index is 1180. The van der Waals surface area contributed by atoms with Gasteiger partial charge < -0.3 is 9.32 Å². The maximum atomic E-state index is 13.3. The number of thioether (sulfide) groups is 1. The van der Waals surface area contributed by atoms with E-state index >= 15 is 0 Å². The Hall–Kier alpha value is -2.25. The van der Waals surface area contributed by atoms with Gasteiger partial charge in [0, 0.05) is 17.6 Å². The molecule has 3 heterocycles. The number of rotatable bonds is 5. The zero-order valence-electron chi connectivity index (χ0n) is 17.8. The predicted molar refractivity (Wildman–Crippen MR) is 126 cm³/mol. The van der Waals surface area contributed by atoms with Crippen LogP contribution in [0.5, 0.6) is 0 Å². The Morgan fingerprint density at radius 1 is 1.19 bits per heavy atom. The third-order valence-electron chi connectivity index (χ3n) is 6.66. The minimum atomic E-state index is -0.164. The van der Waals surface area contributed by atoms with Gasteiger partial charge in [0.15, 0.2) is 5.16 Å². The molecule has 1 saturated heterocycles. The Labute approximate surface area is 195 Å². The van der Waals surface area contributed by atoms with Gasteiger partial charge in [0.05, 0.1) is 29.5 Å². The molecule has 2 atom stereocenters. The summed E-state index contributed by atoms with van der Waals surface area (Å²) in [5.41, 5.74) is 0.377. The summed E-state index contributed by atoms with van der Waals surface area (Å²) in [4.78, 5) is 33.3. The van der Waals surface area contributed by atoms with E-state index < -0.39 is 0 Å². The fourth-order valence-electron chi connectivity index (χ4n) is 5.13. The van der Waals surface area contributed by atoms with Crippen LogP contribution in [-0.4, -0.2) is 38.7 Å². The van der Waals surface area contributed by atoms with Crippen LogP contribution < -0.4 is 5.56 Å². The van der Waals surface area contributed by atoms with Gasteiger partial charge >= 0.3 is 0 Å². The molecule has 3 aromatic rings. The molecular weight excluding hydrogens is 446 g/mol. The van der Waals surface area contributed by atoms with Crippen LogP contribution in [0.2, 0.25) is 5.02 Å². The molecule has 1 aromatic carbocycles. The lowest BCUT2D eigenvalue weighted by atomic mass is 9.78. The summed E-state index contributed by atoms with van der Waals surface area (Å²) in [5, 5.41) is 1.53. The highest BCUT2D eigenvalue weighted by Crippen LogP contribution is 2.35. The van der Waals surface area contributed by atoms with Gasteiger partial charge in [0.2, 0.25) is 5.91 Å². The molecular formula is C24H26ClN3O3S. The average Bonchev–Trinajstić information content (AvgIpc) is 3.32. The van der Waals surface area contributed by atoms with E-state index in [-0.39, 0.29) is 23.8 Å². The van der Waals surface area contributed by atoms with Crippen molar-refractivity contribution in [2.24, 2.45) is 5.92 Å². The molecule has 1 aliphatic heterocycles. The number of furan rings is 1. The number of hydrogen-bond acceptors (Lipinski definition) is 5. The quantitative estimate of drug-likeness (QED) is 0.388. The molecule has 1 saturated carbocycles. The van der Waals surface area contributed by atoms with Crippen molar-refractivity contribution in [3.8, 4) is 0 Å². The van der Waals surface area contributed by atoms with Gasteiger partial charge in [-0.1, -0.05) is 36.2 Å². The minimum absolute atomic E-state index is 0.136. The molecule has 1 aliphatic carbocycles. The molecule has 8 heteroatoms. The van der Waals surface area contributed by atoms with Gasteiger partial charge in [-0.3, -0.25) is 14.2 Å². The number of halogens is 1. The second-order valence-corrected chi connectivity index (χ2v) is 10.0. The monoisotopic (exact) mass is 471 g/mol. The molecule has 32 heavy (non-hydrogen) atoms. The highest BCUT2D eigenvalue weighted by atomic mass is 35.5. The summed E-state index contributed by atoms with van der Waals surface area (Å²) in [6, 6.07) is 9.08. The highest BCUT2D eigenvalue weighted by Gasteiger charge is 2.35. The van der Waals surface area contributed by atoms with Gasteiger partial charge in [-0.25, -0.2) is 4.98 Å². The zero-order chi connectivity index (χ0) is 22.1. The summed E-state index contributed by atoms with van der Waals surface area (Å²) >= 11 is 7.46. The normalized spacial score (nSPS) is 21.0. The number of piperidine rings is 1. The van der Waals surface area contributed by atoms with E-state index in [1.54, 1.807) is 35.1 Å². The summed E-state index contributed by atoms with van der Waals surface area (Å²) in [5.74, 6) is 1.71. The van der Waals surface area contributed by atoms with Crippen molar-refractivity contribution < 1.29 is 9.21 Å². The van der Waals surface area contributed by atoms with Crippen molar-refractivity contribution in [1.82, 2.24) is 14.5 Å². The molecule has 6 nitrogen and oxygen atoms in total. The summed E-state index contributed by atoms with van der Waals surface area (Å²) in [6.07, 6.45) is 8.72. The van der Waals surface area contributed by atoms with Crippen LogP contribution in [0, 0.1) is 5.92 Å². The number of likely N-dealkylation sites (tertiary alicyclic amines) is 1. The zero-order valence-corrected chi connectivity index (χ0v) is 19.4. The number of amides is 1. The van der Waals surface area contributed by atoms with Crippen LogP contribution in [0.15, 0.2) is 51.0 Å². The molecule has 0 unspecified atom stereocenters. The van der Waals surface area contributed by atoms with Gasteiger partial charge in [-0.05, 0) is 61.9 Å². The third kappa shape index (κ3) is 4.33. The fraction of sp³-hybridized carbons (Fsp3) is 0.458. The first-order chi connectivity index (χ1) is 15.6. The standard InChI is InChI=1S/C24H26ClN3O3S/c25-17-9-10-19-20(13-17)26-24(28(23(19)30)14-18-7-4-12-31-18)32-15-22(29)27-11-3-6-16-5-1-2-8-21(16)27/h4,7,9-10,12-13,16,21H,1-3,5-6,8,11,14-15H2/t16-,21-/m1/s1. The van der Waals surface area contributed by atoms with E-state index in [2.05, 4.69) is 4.90 Å². The van der Waals surface area contributed by atoms with E-state index in [1.807, 2.05) is 6.07 Å². The number of hydrogen-bond donors (Lipinski definition) is 0.